The molecule has 0 amide bonds. The van der Waals surface area contributed by atoms with E-state index >= 15 is 0 Å². The molecule has 1 atom stereocenters. The molecule has 30 heavy (non-hydrogen) atoms. The van der Waals surface area contributed by atoms with E-state index in [0.717, 1.165) is 11.9 Å². The molecule has 0 aliphatic carbocycles. The fraction of sp³-hybridized carbons (Fsp3) is 0.294. The summed E-state index contributed by atoms with van der Waals surface area (Å²) in [6.45, 7) is 0.536. The van der Waals surface area contributed by atoms with Crippen LogP contribution in [0.4, 0.5) is 5.13 Å². The molecule has 0 aliphatic heterocycles. The van der Waals surface area contributed by atoms with Gasteiger partial charge in [0.25, 0.3) is 6.20 Å². The maximum atomic E-state index is 10.8. The molecule has 11 nitrogen and oxygen atoms in total. The molecule has 1 aromatic heterocycles. The summed E-state index contributed by atoms with van der Waals surface area (Å²) < 4.78 is 0. The van der Waals surface area contributed by atoms with Crippen LogP contribution in [0.5, 0.6) is 5.75 Å². The van der Waals surface area contributed by atoms with Gasteiger partial charge in [0.05, 0.1) is 16.7 Å². The highest BCUT2D eigenvalue weighted by Crippen LogP contribution is 2.21. The zero-order valence-corrected chi connectivity index (χ0v) is 17.5. The van der Waals surface area contributed by atoms with Gasteiger partial charge in [-0.15, -0.1) is 11.3 Å². The fourth-order valence-corrected chi connectivity index (χ4v) is 3.80. The number of hydrogen-bond acceptors (Lipinski definition) is 10. The summed E-state index contributed by atoms with van der Waals surface area (Å²) in [4.78, 5) is 18.4. The number of aliphatic hydroxyl groups excluding tert-OH is 1. The van der Waals surface area contributed by atoms with Crippen LogP contribution in [0.1, 0.15) is 17.4 Å². The number of thiazole rings is 1. The predicted molar refractivity (Wildman–Crippen MR) is 118 cm³/mol. The number of guanidine groups is 1. The lowest BCUT2D eigenvalue weighted by Gasteiger charge is -2.15. The van der Waals surface area contributed by atoms with E-state index in [0.29, 0.717) is 28.7 Å². The first kappa shape index (κ1) is 23.3. The van der Waals surface area contributed by atoms with Crippen molar-refractivity contribution in [1.29, 1.82) is 0 Å². The minimum atomic E-state index is -0.888. The zero-order chi connectivity index (χ0) is 21.9. The van der Waals surface area contributed by atoms with Gasteiger partial charge in [-0.3, -0.25) is 10.1 Å². The third-order valence-corrected chi connectivity index (χ3v) is 5.35. The van der Waals surface area contributed by atoms with Gasteiger partial charge < -0.3 is 32.3 Å². The highest BCUT2D eigenvalue weighted by molar-refractivity contribution is 7.98. The number of aromatic nitrogens is 1. The van der Waals surface area contributed by atoms with Crippen molar-refractivity contribution in [2.75, 3.05) is 18.8 Å². The molecule has 0 radical (unpaired) electrons. The number of nitrogens with zero attached hydrogens (tertiary/aromatic N) is 3. The number of nitrogens with two attached hydrogens (primary N) is 2. The standard InChI is InChI=1S/C17H23N7O4S2/c18-16(19)23-17-22-12(10-30-17)9-29-6-5-20-15(8-24(27)28)21-7-14(26)11-1-3-13(25)4-2-11/h1-4,8,10,14,20-21,25-26H,5-7,9H2,(H4,18,19,22,23)/b15-8-. The van der Waals surface area contributed by atoms with Gasteiger partial charge in [0.1, 0.15) is 5.75 Å². The minimum absolute atomic E-state index is 0.0408. The molecule has 0 saturated heterocycles. The molecule has 0 bridgehead atoms. The maximum absolute atomic E-state index is 10.8. The Morgan fingerprint density at radius 1 is 1.37 bits per heavy atom. The van der Waals surface area contributed by atoms with Gasteiger partial charge in [0, 0.05) is 30.0 Å². The molecular formula is C17H23N7O4S2. The van der Waals surface area contributed by atoms with Gasteiger partial charge in [-0.1, -0.05) is 12.1 Å². The van der Waals surface area contributed by atoms with Crippen LogP contribution in [-0.2, 0) is 5.75 Å². The van der Waals surface area contributed by atoms with Gasteiger partial charge in [-0.05, 0) is 17.7 Å². The van der Waals surface area contributed by atoms with Crippen molar-refractivity contribution in [3.63, 3.8) is 0 Å². The van der Waals surface area contributed by atoms with Crippen molar-refractivity contribution in [3.05, 3.63) is 63.0 Å². The number of phenols is 1. The number of thioether (sulfide) groups is 1. The summed E-state index contributed by atoms with van der Waals surface area (Å²) in [5.74, 6) is 1.58. The lowest BCUT2D eigenvalue weighted by atomic mass is 10.1. The Kier molecular flexibility index (Phi) is 9.18. The Morgan fingerprint density at radius 2 is 2.10 bits per heavy atom. The summed E-state index contributed by atoms with van der Waals surface area (Å²) in [6.07, 6.45) is -0.0723. The van der Waals surface area contributed by atoms with Crippen LogP contribution in [0.15, 0.2) is 46.7 Å². The highest BCUT2D eigenvalue weighted by Gasteiger charge is 2.10. The third kappa shape index (κ3) is 8.55. The molecule has 0 spiro atoms. The topological polar surface area (TPSA) is 185 Å². The molecule has 2 aromatic rings. The quantitative estimate of drug-likeness (QED) is 0.0889. The van der Waals surface area contributed by atoms with Gasteiger partial charge in [-0.2, -0.15) is 16.8 Å². The number of aliphatic imine (C=N–C) groups is 1. The fourth-order valence-electron chi connectivity index (χ4n) is 2.24. The largest absolute Gasteiger partial charge is 0.508 e. The molecule has 1 unspecified atom stereocenters. The maximum Gasteiger partial charge on any atom is 0.274 e. The van der Waals surface area contributed by atoms with Crippen LogP contribution >= 0.6 is 23.1 Å². The van der Waals surface area contributed by atoms with E-state index in [-0.39, 0.29) is 24.1 Å². The molecule has 1 aromatic carbocycles. The second kappa shape index (κ2) is 11.8. The Hall–Kier alpha value is -3.03. The second-order valence-electron chi connectivity index (χ2n) is 5.95. The number of nitro groups is 1. The summed E-state index contributed by atoms with van der Waals surface area (Å²) in [5, 5.41) is 38.5. The Bertz CT molecular complexity index is 882. The first-order chi connectivity index (χ1) is 14.3. The van der Waals surface area contributed by atoms with Gasteiger partial charge in [0.2, 0.25) is 5.13 Å². The van der Waals surface area contributed by atoms with Crippen LogP contribution in [0.25, 0.3) is 0 Å². The first-order valence-electron chi connectivity index (χ1n) is 8.75. The Labute approximate surface area is 181 Å². The van der Waals surface area contributed by atoms with E-state index in [1.165, 1.54) is 23.5 Å². The second-order valence-corrected chi connectivity index (χ2v) is 7.90. The first-order valence-corrected chi connectivity index (χ1v) is 10.8. The lowest BCUT2D eigenvalue weighted by Crippen LogP contribution is -2.31. The lowest BCUT2D eigenvalue weighted by molar-refractivity contribution is -0.404. The van der Waals surface area contributed by atoms with E-state index < -0.39 is 11.0 Å². The predicted octanol–water partition coefficient (Wildman–Crippen LogP) is 0.975. The molecular weight excluding hydrogens is 430 g/mol. The smallest absolute Gasteiger partial charge is 0.274 e. The van der Waals surface area contributed by atoms with Crippen LogP contribution in [0.3, 0.4) is 0 Å². The molecule has 0 aliphatic rings. The van der Waals surface area contributed by atoms with Crippen molar-refractivity contribution in [1.82, 2.24) is 15.6 Å². The van der Waals surface area contributed by atoms with Crippen LogP contribution < -0.4 is 22.1 Å². The van der Waals surface area contributed by atoms with Crippen molar-refractivity contribution in [2.24, 2.45) is 16.5 Å². The number of hydrogen-bond donors (Lipinski definition) is 6. The third-order valence-electron chi connectivity index (χ3n) is 3.57. The monoisotopic (exact) mass is 453 g/mol. The minimum Gasteiger partial charge on any atom is -0.508 e. The summed E-state index contributed by atoms with van der Waals surface area (Å²) >= 11 is 2.94. The number of benzene rings is 1. The van der Waals surface area contributed by atoms with E-state index in [1.54, 1.807) is 23.9 Å². The number of rotatable bonds is 12. The van der Waals surface area contributed by atoms with E-state index in [1.807, 2.05) is 5.38 Å². The Morgan fingerprint density at radius 3 is 2.77 bits per heavy atom. The Balaban J connectivity index is 1.75. The summed E-state index contributed by atoms with van der Waals surface area (Å²) in [5.41, 5.74) is 12.1. The van der Waals surface area contributed by atoms with Gasteiger partial charge in [0.15, 0.2) is 11.8 Å². The van der Waals surface area contributed by atoms with E-state index in [4.69, 9.17) is 11.5 Å². The SMILES string of the molecule is NC(N)=Nc1nc(CSCCN/C(=C/[N+](=O)[O-])NCC(O)c2ccc(O)cc2)cs1. The normalized spacial score (nSPS) is 12.2. The van der Waals surface area contributed by atoms with Gasteiger partial charge in [-0.25, -0.2) is 4.98 Å². The molecule has 0 saturated carbocycles. The van der Waals surface area contributed by atoms with Crippen LogP contribution in [0.2, 0.25) is 0 Å². The molecule has 1 heterocycles. The molecule has 8 N–H and O–H groups in total. The van der Waals surface area contributed by atoms with Crippen molar-refractivity contribution < 1.29 is 15.1 Å². The summed E-state index contributed by atoms with van der Waals surface area (Å²) in [7, 11) is 0. The van der Waals surface area contributed by atoms with Crippen molar-refractivity contribution in [2.45, 2.75) is 11.9 Å². The molecule has 13 heteroatoms. The van der Waals surface area contributed by atoms with Crippen molar-refractivity contribution in [3.8, 4) is 5.75 Å². The number of nitrogens with one attached hydrogen (secondary N) is 2. The average Bonchev–Trinajstić information content (AvgIpc) is 3.12. The molecule has 162 valence electrons. The van der Waals surface area contributed by atoms with Crippen LogP contribution in [0, 0.1) is 10.1 Å². The zero-order valence-electron chi connectivity index (χ0n) is 15.9. The molecule has 2 rings (SSSR count). The molecule has 0 fully saturated rings. The van der Waals surface area contributed by atoms with E-state index in [9.17, 15) is 20.3 Å². The highest BCUT2D eigenvalue weighted by atomic mass is 32.2. The van der Waals surface area contributed by atoms with Crippen molar-refractivity contribution >= 4 is 34.2 Å². The number of aromatic hydroxyl groups is 1. The number of phenolic OH excluding ortho intramolecular Hbond substituents is 1. The average molecular weight is 454 g/mol. The number of aliphatic hydroxyl groups is 1. The summed E-state index contributed by atoms with van der Waals surface area (Å²) in [6, 6.07) is 6.09. The van der Waals surface area contributed by atoms with E-state index in [2.05, 4.69) is 20.6 Å². The van der Waals surface area contributed by atoms with Gasteiger partial charge >= 0.3 is 0 Å². The van der Waals surface area contributed by atoms with Crippen LogP contribution in [-0.4, -0.2) is 44.9 Å².